The summed E-state index contributed by atoms with van der Waals surface area (Å²) >= 11 is 0. The minimum atomic E-state index is -1.08. The van der Waals surface area contributed by atoms with Crippen LogP contribution in [0.4, 0.5) is 0 Å². The molecule has 12 heavy (non-hydrogen) atoms. The highest BCUT2D eigenvalue weighted by molar-refractivity contribution is 5.87. The zero-order valence-corrected chi connectivity index (χ0v) is 6.74. The van der Waals surface area contributed by atoms with Gasteiger partial charge < -0.3 is 9.84 Å². The lowest BCUT2D eigenvalue weighted by molar-refractivity contribution is 0.0688. The number of methoxy groups -OCH3 is 1. The maximum Gasteiger partial charge on any atom is 0.355 e. The van der Waals surface area contributed by atoms with Gasteiger partial charge in [-0.1, -0.05) is 0 Å². The Morgan fingerprint density at radius 2 is 2.25 bits per heavy atom. The molecule has 0 radical (unpaired) electrons. The first kappa shape index (κ1) is 8.45. The van der Waals surface area contributed by atoms with Gasteiger partial charge in [-0.25, -0.2) is 14.8 Å². The highest BCUT2D eigenvalue weighted by Crippen LogP contribution is 2.14. The zero-order valence-electron chi connectivity index (χ0n) is 6.74. The van der Waals surface area contributed by atoms with Crippen LogP contribution in [0.5, 0.6) is 5.88 Å². The average Bonchev–Trinajstić information content (AvgIpc) is 2.04. The molecule has 0 aromatic carbocycles. The van der Waals surface area contributed by atoms with Gasteiger partial charge in [0, 0.05) is 5.56 Å². The molecule has 0 fully saturated rings. The Bertz CT molecular complexity index is 312. The second kappa shape index (κ2) is 3.17. The maximum absolute atomic E-state index is 10.5. The molecule has 0 saturated carbocycles. The van der Waals surface area contributed by atoms with Gasteiger partial charge in [-0.2, -0.15) is 0 Å². The van der Waals surface area contributed by atoms with E-state index < -0.39 is 5.97 Å². The van der Waals surface area contributed by atoms with Crippen molar-refractivity contribution in [2.24, 2.45) is 0 Å². The van der Waals surface area contributed by atoms with Crippen molar-refractivity contribution in [1.82, 2.24) is 9.97 Å². The Morgan fingerprint density at radius 3 is 2.75 bits per heavy atom. The number of carboxylic acid groups (broad SMARTS) is 1. The summed E-state index contributed by atoms with van der Waals surface area (Å²) in [7, 11) is 1.43. The van der Waals surface area contributed by atoms with E-state index in [0.717, 1.165) is 6.33 Å². The third kappa shape index (κ3) is 1.34. The quantitative estimate of drug-likeness (QED) is 0.695. The number of hydrogen-bond donors (Lipinski definition) is 1. The van der Waals surface area contributed by atoms with Crippen molar-refractivity contribution in [3.63, 3.8) is 0 Å². The molecule has 1 aromatic heterocycles. The van der Waals surface area contributed by atoms with Crippen LogP contribution >= 0.6 is 0 Å². The molecule has 0 bridgehead atoms. The van der Waals surface area contributed by atoms with E-state index in [1.807, 2.05) is 0 Å². The van der Waals surface area contributed by atoms with E-state index in [4.69, 9.17) is 9.84 Å². The van der Waals surface area contributed by atoms with Gasteiger partial charge in [-0.05, 0) is 6.92 Å². The minimum absolute atomic E-state index is 0.0261. The van der Waals surface area contributed by atoms with Crippen LogP contribution in [0.2, 0.25) is 0 Å². The number of carboxylic acids is 1. The molecular weight excluding hydrogens is 160 g/mol. The second-order valence-corrected chi connectivity index (χ2v) is 2.16. The molecule has 1 N–H and O–H groups in total. The molecule has 0 aliphatic heterocycles. The predicted molar refractivity (Wildman–Crippen MR) is 40.3 cm³/mol. The monoisotopic (exact) mass is 168 g/mol. The number of rotatable bonds is 2. The van der Waals surface area contributed by atoms with Crippen molar-refractivity contribution in [3.05, 3.63) is 17.6 Å². The lowest BCUT2D eigenvalue weighted by Gasteiger charge is -2.03. The van der Waals surface area contributed by atoms with E-state index >= 15 is 0 Å². The first-order valence-electron chi connectivity index (χ1n) is 3.25. The first-order chi connectivity index (χ1) is 5.66. The molecule has 0 amide bonds. The molecular formula is C7H8N2O3. The van der Waals surface area contributed by atoms with Gasteiger partial charge in [0.25, 0.3) is 0 Å². The third-order valence-corrected chi connectivity index (χ3v) is 1.43. The maximum atomic E-state index is 10.5. The van der Waals surface area contributed by atoms with Gasteiger partial charge in [0.2, 0.25) is 5.88 Å². The fourth-order valence-electron chi connectivity index (χ4n) is 0.855. The summed E-state index contributed by atoms with van der Waals surface area (Å²) in [5.74, 6) is -0.782. The van der Waals surface area contributed by atoms with Crippen molar-refractivity contribution >= 4 is 5.97 Å². The fraction of sp³-hybridized carbons (Fsp3) is 0.286. The Morgan fingerprint density at radius 1 is 1.58 bits per heavy atom. The predicted octanol–water partition coefficient (Wildman–Crippen LogP) is 0.492. The summed E-state index contributed by atoms with van der Waals surface area (Å²) in [4.78, 5) is 17.9. The molecule has 0 atom stereocenters. The van der Waals surface area contributed by atoms with Crippen LogP contribution in [-0.2, 0) is 0 Å². The largest absolute Gasteiger partial charge is 0.481 e. The van der Waals surface area contributed by atoms with Gasteiger partial charge >= 0.3 is 5.97 Å². The number of aromatic nitrogens is 2. The van der Waals surface area contributed by atoms with Crippen molar-refractivity contribution in [3.8, 4) is 5.88 Å². The van der Waals surface area contributed by atoms with E-state index in [1.54, 1.807) is 6.92 Å². The lowest BCUT2D eigenvalue weighted by atomic mass is 10.2. The molecule has 5 heteroatoms. The van der Waals surface area contributed by atoms with Gasteiger partial charge in [0.15, 0.2) is 5.69 Å². The van der Waals surface area contributed by atoms with E-state index in [0.29, 0.717) is 11.4 Å². The standard InChI is InChI=1S/C7H8N2O3/c1-4-5(7(10)11)8-3-9-6(4)12-2/h3H,1-2H3,(H,10,11). The Kier molecular flexibility index (Phi) is 2.23. The Labute approximate surface area is 69.0 Å². The van der Waals surface area contributed by atoms with Crippen molar-refractivity contribution in [2.45, 2.75) is 6.92 Å². The van der Waals surface area contributed by atoms with E-state index in [-0.39, 0.29) is 5.69 Å². The molecule has 5 nitrogen and oxygen atoms in total. The molecule has 1 heterocycles. The molecule has 0 saturated heterocycles. The van der Waals surface area contributed by atoms with Crippen molar-refractivity contribution < 1.29 is 14.6 Å². The lowest BCUT2D eigenvalue weighted by Crippen LogP contribution is -2.05. The summed E-state index contributed by atoms with van der Waals surface area (Å²) in [6.07, 6.45) is 1.16. The van der Waals surface area contributed by atoms with Gasteiger partial charge in [-0.3, -0.25) is 0 Å². The molecule has 0 unspecified atom stereocenters. The molecule has 1 rings (SSSR count). The molecule has 1 aromatic rings. The van der Waals surface area contributed by atoms with Crippen LogP contribution in [0.25, 0.3) is 0 Å². The first-order valence-corrected chi connectivity index (χ1v) is 3.25. The molecule has 0 spiro atoms. The molecule has 64 valence electrons. The Hall–Kier alpha value is -1.65. The fourth-order valence-corrected chi connectivity index (χ4v) is 0.855. The summed E-state index contributed by atoms with van der Waals surface area (Å²) in [6.45, 7) is 1.60. The second-order valence-electron chi connectivity index (χ2n) is 2.16. The zero-order chi connectivity index (χ0) is 9.14. The van der Waals surface area contributed by atoms with E-state index in [2.05, 4.69) is 9.97 Å². The topological polar surface area (TPSA) is 72.3 Å². The number of nitrogens with zero attached hydrogens (tertiary/aromatic N) is 2. The average molecular weight is 168 g/mol. The summed E-state index contributed by atoms with van der Waals surface area (Å²) < 4.78 is 4.82. The Balaban J connectivity index is 3.23. The summed E-state index contributed by atoms with van der Waals surface area (Å²) in [6, 6.07) is 0. The number of carbonyl (C=O) groups is 1. The molecule has 0 aliphatic rings. The van der Waals surface area contributed by atoms with Crippen molar-refractivity contribution in [1.29, 1.82) is 0 Å². The van der Waals surface area contributed by atoms with Crippen LogP contribution in [0.1, 0.15) is 16.1 Å². The van der Waals surface area contributed by atoms with Gasteiger partial charge in [-0.15, -0.1) is 0 Å². The smallest absolute Gasteiger partial charge is 0.355 e. The third-order valence-electron chi connectivity index (χ3n) is 1.43. The van der Waals surface area contributed by atoms with Crippen LogP contribution in [0.3, 0.4) is 0 Å². The number of ether oxygens (including phenoxy) is 1. The van der Waals surface area contributed by atoms with E-state index in [9.17, 15) is 4.79 Å². The normalized spacial score (nSPS) is 9.50. The van der Waals surface area contributed by atoms with E-state index in [1.165, 1.54) is 7.11 Å². The number of aromatic carboxylic acids is 1. The number of hydrogen-bond acceptors (Lipinski definition) is 4. The van der Waals surface area contributed by atoms with Crippen LogP contribution < -0.4 is 4.74 Å². The minimum Gasteiger partial charge on any atom is -0.481 e. The highest BCUT2D eigenvalue weighted by Gasteiger charge is 2.12. The summed E-state index contributed by atoms with van der Waals surface area (Å²) in [5, 5.41) is 8.64. The van der Waals surface area contributed by atoms with Crippen LogP contribution in [0, 0.1) is 6.92 Å². The SMILES string of the molecule is COc1ncnc(C(=O)O)c1C. The van der Waals surface area contributed by atoms with Gasteiger partial charge in [0.05, 0.1) is 7.11 Å². The highest BCUT2D eigenvalue weighted by atomic mass is 16.5. The van der Waals surface area contributed by atoms with Crippen LogP contribution in [-0.4, -0.2) is 28.2 Å². The summed E-state index contributed by atoms with van der Waals surface area (Å²) in [5.41, 5.74) is 0.411. The van der Waals surface area contributed by atoms with Crippen LogP contribution in [0.15, 0.2) is 6.33 Å². The van der Waals surface area contributed by atoms with Crippen molar-refractivity contribution in [2.75, 3.05) is 7.11 Å². The molecule has 0 aliphatic carbocycles. The van der Waals surface area contributed by atoms with Gasteiger partial charge in [0.1, 0.15) is 6.33 Å².